The predicted octanol–water partition coefficient (Wildman–Crippen LogP) is 4.18. The molecule has 2 rings (SSSR count). The molecule has 2 aromatic rings. The van der Waals surface area contributed by atoms with Gasteiger partial charge in [0.15, 0.2) is 6.61 Å². The minimum atomic E-state index is -0.599. The van der Waals surface area contributed by atoms with Crippen molar-refractivity contribution in [1.82, 2.24) is 0 Å². The van der Waals surface area contributed by atoms with Crippen molar-refractivity contribution >= 4 is 34.1 Å². The van der Waals surface area contributed by atoms with E-state index in [4.69, 9.17) is 32.7 Å². The molecule has 0 aliphatic heterocycles. The van der Waals surface area contributed by atoms with E-state index in [9.17, 15) is 14.9 Å². The molecule has 0 radical (unpaired) electrons. The fourth-order valence-corrected chi connectivity index (χ4v) is 1.82. The highest BCUT2D eigenvalue weighted by Gasteiger charge is 2.11. The van der Waals surface area contributed by atoms with E-state index in [2.05, 4.69) is 0 Å². The second-order valence-electron chi connectivity index (χ2n) is 4.09. The molecule has 114 valence electrons. The number of benzene rings is 2. The molecule has 0 spiro atoms. The zero-order valence-electron chi connectivity index (χ0n) is 11.0. The van der Waals surface area contributed by atoms with E-state index < -0.39 is 10.2 Å². The Morgan fingerprint density at radius 2 is 1.77 bits per heavy atom. The smallest absolute Gasteiger partial charge is 0.271 e. The summed E-state index contributed by atoms with van der Waals surface area (Å²) in [4.78, 5) is 20.7. The number of nitrogens with zero attached hydrogens (tertiary/aromatic N) is 1. The third-order valence-corrected chi connectivity index (χ3v) is 2.93. The Balaban J connectivity index is 2.07. The van der Waals surface area contributed by atoms with Gasteiger partial charge < -0.3 is 9.47 Å². The summed E-state index contributed by atoms with van der Waals surface area (Å²) in [5, 5.41) is 10.2. The molecule has 0 saturated carbocycles. The van der Waals surface area contributed by atoms with E-state index in [1.165, 1.54) is 18.2 Å². The van der Waals surface area contributed by atoms with Gasteiger partial charge in [-0.1, -0.05) is 11.6 Å². The maximum atomic E-state index is 10.6. The fourth-order valence-electron chi connectivity index (χ4n) is 1.56. The van der Waals surface area contributed by atoms with E-state index in [0.29, 0.717) is 11.5 Å². The molecule has 0 aromatic heterocycles. The van der Waals surface area contributed by atoms with Gasteiger partial charge in [-0.05, 0) is 41.9 Å². The molecule has 22 heavy (non-hydrogen) atoms. The third kappa shape index (κ3) is 4.34. The molecule has 0 saturated heterocycles. The average Bonchev–Trinajstić information content (AvgIpc) is 2.48. The molecule has 0 heterocycles. The Bertz CT molecular complexity index is 703. The fraction of sp³-hybridized carbons (Fsp3) is 0.0714. The van der Waals surface area contributed by atoms with Crippen LogP contribution in [0.4, 0.5) is 5.69 Å². The first-order valence-electron chi connectivity index (χ1n) is 5.98. The van der Waals surface area contributed by atoms with Crippen molar-refractivity contribution in [2.24, 2.45) is 0 Å². The summed E-state index contributed by atoms with van der Waals surface area (Å²) < 4.78 is 10.6. The van der Waals surface area contributed by atoms with Crippen LogP contribution in [0.2, 0.25) is 5.02 Å². The zero-order chi connectivity index (χ0) is 16.1. The number of carbonyl (C=O) groups excluding carboxylic acids is 1. The number of non-ortho nitro benzene ring substituents is 1. The summed E-state index contributed by atoms with van der Waals surface area (Å²) in [6.07, 6.45) is 0. The van der Waals surface area contributed by atoms with Gasteiger partial charge in [-0.2, -0.15) is 0 Å². The van der Waals surface area contributed by atoms with E-state index in [-0.39, 0.29) is 23.1 Å². The molecular weight excluding hydrogens is 333 g/mol. The van der Waals surface area contributed by atoms with Crippen LogP contribution in [0.15, 0.2) is 42.5 Å². The molecule has 2 aromatic carbocycles. The minimum absolute atomic E-state index is 0.119. The Labute approximate surface area is 135 Å². The zero-order valence-corrected chi connectivity index (χ0v) is 12.5. The lowest BCUT2D eigenvalue weighted by Crippen LogP contribution is -2.03. The third-order valence-electron chi connectivity index (χ3n) is 2.53. The van der Waals surface area contributed by atoms with Gasteiger partial charge in [0.05, 0.1) is 9.95 Å². The number of nitro groups is 1. The highest BCUT2D eigenvalue weighted by molar-refractivity contribution is 6.63. The topological polar surface area (TPSA) is 78.7 Å². The van der Waals surface area contributed by atoms with Crippen LogP contribution in [0.25, 0.3) is 0 Å². The summed E-state index contributed by atoms with van der Waals surface area (Å²) >= 11 is 11.1. The van der Waals surface area contributed by atoms with E-state index >= 15 is 0 Å². The normalized spacial score (nSPS) is 10.1. The Morgan fingerprint density at radius 1 is 1.14 bits per heavy atom. The summed E-state index contributed by atoms with van der Waals surface area (Å²) in [6.45, 7) is -0.226. The lowest BCUT2D eigenvalue weighted by atomic mass is 10.3. The van der Waals surface area contributed by atoms with Crippen molar-refractivity contribution in [3.8, 4) is 17.2 Å². The standard InChI is InChI=1S/C14H9Cl2NO5/c15-12-7-9(17(19)20)1-6-13(12)22-11-4-2-10(3-5-11)21-8-14(16)18/h1-7H,8H2. The number of halogens is 2. The van der Waals surface area contributed by atoms with Gasteiger partial charge in [-0.3, -0.25) is 14.9 Å². The molecule has 0 atom stereocenters. The quantitative estimate of drug-likeness (QED) is 0.447. The molecule has 0 aliphatic carbocycles. The van der Waals surface area contributed by atoms with Crippen LogP contribution in [-0.2, 0) is 4.79 Å². The maximum absolute atomic E-state index is 10.6. The minimum Gasteiger partial charge on any atom is -0.484 e. The largest absolute Gasteiger partial charge is 0.484 e. The predicted molar refractivity (Wildman–Crippen MR) is 81.0 cm³/mol. The van der Waals surface area contributed by atoms with Crippen LogP contribution in [0.3, 0.4) is 0 Å². The molecule has 0 amide bonds. The van der Waals surface area contributed by atoms with E-state index in [1.807, 2.05) is 0 Å². The molecule has 0 aliphatic rings. The number of ether oxygens (including phenoxy) is 2. The summed E-state index contributed by atoms with van der Waals surface area (Å²) in [7, 11) is 0. The maximum Gasteiger partial charge on any atom is 0.271 e. The van der Waals surface area contributed by atoms with Crippen molar-refractivity contribution in [1.29, 1.82) is 0 Å². The van der Waals surface area contributed by atoms with Gasteiger partial charge in [0, 0.05) is 12.1 Å². The monoisotopic (exact) mass is 341 g/mol. The molecule has 0 unspecified atom stereocenters. The second-order valence-corrected chi connectivity index (χ2v) is 4.92. The Morgan fingerprint density at radius 3 is 2.32 bits per heavy atom. The number of carbonyl (C=O) groups is 1. The molecule has 8 heteroatoms. The molecular formula is C14H9Cl2NO5. The van der Waals surface area contributed by atoms with E-state index in [1.54, 1.807) is 24.3 Å². The van der Waals surface area contributed by atoms with Crippen LogP contribution < -0.4 is 9.47 Å². The van der Waals surface area contributed by atoms with Gasteiger partial charge in [0.25, 0.3) is 10.9 Å². The van der Waals surface area contributed by atoms with E-state index in [0.717, 1.165) is 0 Å². The molecule has 0 bridgehead atoms. The van der Waals surface area contributed by atoms with Gasteiger partial charge in [-0.15, -0.1) is 0 Å². The highest BCUT2D eigenvalue weighted by atomic mass is 35.5. The molecule has 0 fully saturated rings. The Hall–Kier alpha value is -2.31. The number of hydrogen-bond acceptors (Lipinski definition) is 5. The summed E-state index contributed by atoms with van der Waals surface area (Å²) in [6, 6.07) is 10.3. The van der Waals surface area contributed by atoms with Crippen LogP contribution >= 0.6 is 23.2 Å². The van der Waals surface area contributed by atoms with Crippen molar-refractivity contribution in [2.45, 2.75) is 0 Å². The van der Waals surface area contributed by atoms with Crippen molar-refractivity contribution in [3.63, 3.8) is 0 Å². The van der Waals surface area contributed by atoms with Crippen LogP contribution in [0, 0.1) is 10.1 Å². The first-order chi connectivity index (χ1) is 10.5. The summed E-state index contributed by atoms with van der Waals surface area (Å²) in [5.41, 5.74) is -0.119. The average molecular weight is 342 g/mol. The van der Waals surface area contributed by atoms with Crippen LogP contribution in [-0.4, -0.2) is 16.8 Å². The highest BCUT2D eigenvalue weighted by Crippen LogP contribution is 2.32. The second kappa shape index (κ2) is 7.11. The van der Waals surface area contributed by atoms with Gasteiger partial charge in [0.2, 0.25) is 0 Å². The van der Waals surface area contributed by atoms with Gasteiger partial charge in [-0.25, -0.2) is 0 Å². The lowest BCUT2D eigenvalue weighted by molar-refractivity contribution is -0.384. The van der Waals surface area contributed by atoms with Crippen molar-refractivity contribution < 1.29 is 19.2 Å². The van der Waals surface area contributed by atoms with Gasteiger partial charge in [0.1, 0.15) is 17.2 Å². The number of nitro benzene ring substituents is 1. The number of hydrogen-bond donors (Lipinski definition) is 0. The lowest BCUT2D eigenvalue weighted by Gasteiger charge is -2.08. The van der Waals surface area contributed by atoms with Crippen molar-refractivity contribution in [2.75, 3.05) is 6.61 Å². The first kappa shape index (κ1) is 16.1. The Kier molecular flexibility index (Phi) is 5.19. The van der Waals surface area contributed by atoms with Crippen LogP contribution in [0.1, 0.15) is 0 Å². The van der Waals surface area contributed by atoms with Gasteiger partial charge >= 0.3 is 0 Å². The molecule has 6 nitrogen and oxygen atoms in total. The van der Waals surface area contributed by atoms with Crippen LogP contribution in [0.5, 0.6) is 17.2 Å². The molecule has 0 N–H and O–H groups in total. The van der Waals surface area contributed by atoms with Crippen molar-refractivity contribution in [3.05, 3.63) is 57.6 Å². The number of rotatable bonds is 6. The first-order valence-corrected chi connectivity index (χ1v) is 6.74. The SMILES string of the molecule is O=C(Cl)COc1ccc(Oc2ccc([N+](=O)[O-])cc2Cl)cc1. The summed E-state index contributed by atoms with van der Waals surface area (Å²) in [5.74, 6) is 1.20.